The molecule has 0 saturated carbocycles. The van der Waals surface area contributed by atoms with Gasteiger partial charge in [-0.2, -0.15) is 0 Å². The molecule has 0 heterocycles. The van der Waals surface area contributed by atoms with E-state index in [4.69, 9.17) is 0 Å². The molecule has 0 N–H and O–H groups in total. The zero-order valence-electron chi connectivity index (χ0n) is 39.1. The average molecular weight is 857 g/mol. The number of anilines is 3. The van der Waals surface area contributed by atoms with Crippen LogP contribution in [0, 0.1) is 0 Å². The topological polar surface area (TPSA) is 6.48 Å². The van der Waals surface area contributed by atoms with Crippen molar-refractivity contribution in [2.75, 3.05) is 9.80 Å². The Morgan fingerprint density at radius 2 is 1.38 bits per heavy atom. The number of para-hydroxylation sites is 2. The fraction of sp³-hybridized carbons (Fsp3) is 0.219. The molecule has 6 aromatic rings. The summed E-state index contributed by atoms with van der Waals surface area (Å²) in [6.07, 6.45) is 30.4. The van der Waals surface area contributed by atoms with Crippen LogP contribution in [0.3, 0.4) is 0 Å². The van der Waals surface area contributed by atoms with E-state index in [1.54, 1.807) is 0 Å². The minimum absolute atomic E-state index is 0.0393. The highest BCUT2D eigenvalue weighted by Crippen LogP contribution is 2.59. The van der Waals surface area contributed by atoms with Crippen molar-refractivity contribution < 1.29 is 0 Å². The zero-order chi connectivity index (χ0) is 45.2. The maximum absolute atomic E-state index is 4.03. The van der Waals surface area contributed by atoms with Gasteiger partial charge in [-0.15, -0.1) is 0 Å². The lowest BCUT2D eigenvalue weighted by molar-refractivity contribution is 0.424. The Morgan fingerprint density at radius 1 is 0.667 bits per heavy atom. The summed E-state index contributed by atoms with van der Waals surface area (Å²) in [5, 5.41) is 0. The monoisotopic (exact) mass is 856 g/mol. The fourth-order valence-electron chi connectivity index (χ4n) is 12.4. The van der Waals surface area contributed by atoms with Crippen LogP contribution in [0.2, 0.25) is 0 Å². The third kappa shape index (κ3) is 6.92. The van der Waals surface area contributed by atoms with E-state index in [9.17, 15) is 0 Å². The highest BCUT2D eigenvalue weighted by molar-refractivity contribution is 5.87. The highest BCUT2D eigenvalue weighted by atomic mass is 15.2. The van der Waals surface area contributed by atoms with Crippen molar-refractivity contribution in [2.45, 2.75) is 88.6 Å². The van der Waals surface area contributed by atoms with Crippen LogP contribution < -0.4 is 9.80 Å². The van der Waals surface area contributed by atoms with Crippen molar-refractivity contribution in [3.63, 3.8) is 0 Å². The number of hydrogen-bond donors (Lipinski definition) is 0. The van der Waals surface area contributed by atoms with Crippen molar-refractivity contribution >= 4 is 41.4 Å². The highest BCUT2D eigenvalue weighted by Gasteiger charge is 2.48. The molecule has 4 unspecified atom stereocenters. The van der Waals surface area contributed by atoms with Gasteiger partial charge in [-0.25, -0.2) is 0 Å². The quantitative estimate of drug-likeness (QED) is 0.100. The van der Waals surface area contributed by atoms with Crippen LogP contribution in [0.25, 0.3) is 35.4 Å². The first-order chi connectivity index (χ1) is 32.1. The van der Waals surface area contributed by atoms with Crippen molar-refractivity contribution in [3.8, 4) is 11.1 Å². The van der Waals surface area contributed by atoms with E-state index in [-0.39, 0.29) is 16.9 Å². The smallest absolute Gasteiger partial charge is 0.0523 e. The molecule has 5 aliphatic carbocycles. The van der Waals surface area contributed by atoms with Crippen LogP contribution in [0.4, 0.5) is 17.1 Å². The zero-order valence-corrected chi connectivity index (χ0v) is 39.1. The van der Waals surface area contributed by atoms with Gasteiger partial charge in [0.2, 0.25) is 0 Å². The first-order valence-electron chi connectivity index (χ1n) is 24.1. The van der Waals surface area contributed by atoms with Gasteiger partial charge in [-0.05, 0) is 134 Å². The molecule has 2 heteroatoms. The molecule has 0 radical (unpaired) electrons. The summed E-state index contributed by atoms with van der Waals surface area (Å²) < 4.78 is 0. The summed E-state index contributed by atoms with van der Waals surface area (Å²) in [6.45, 7) is 16.0. The summed E-state index contributed by atoms with van der Waals surface area (Å²) in [6, 6.07) is 48.6. The first-order valence-corrected chi connectivity index (χ1v) is 24.1. The lowest BCUT2D eigenvalue weighted by atomic mass is 9.69. The fourth-order valence-corrected chi connectivity index (χ4v) is 12.4. The molecule has 0 amide bonds. The molecule has 0 aromatic heterocycles. The van der Waals surface area contributed by atoms with Gasteiger partial charge in [0, 0.05) is 40.0 Å². The molecule has 66 heavy (non-hydrogen) atoms. The van der Waals surface area contributed by atoms with Crippen LogP contribution in [-0.4, -0.2) is 12.1 Å². The second-order valence-corrected chi connectivity index (χ2v) is 20.0. The van der Waals surface area contributed by atoms with Crippen LogP contribution >= 0.6 is 0 Å². The Bertz CT molecular complexity index is 3060. The Kier molecular flexibility index (Phi) is 10.5. The van der Waals surface area contributed by atoms with E-state index in [1.807, 2.05) is 6.08 Å². The maximum Gasteiger partial charge on any atom is 0.0523 e. The molecule has 2 nitrogen and oxygen atoms in total. The molecule has 4 atom stereocenters. The van der Waals surface area contributed by atoms with Gasteiger partial charge in [-0.3, -0.25) is 0 Å². The molecular formula is C64H60N2. The Labute approximate surface area is 393 Å². The molecule has 0 fully saturated rings. The molecule has 0 bridgehead atoms. The number of rotatable bonds is 10. The molecule has 6 aromatic carbocycles. The van der Waals surface area contributed by atoms with E-state index in [0.29, 0.717) is 17.9 Å². The van der Waals surface area contributed by atoms with E-state index >= 15 is 0 Å². The number of allylic oxidation sites excluding steroid dienone is 6. The number of benzene rings is 6. The maximum atomic E-state index is 4.03. The van der Waals surface area contributed by atoms with E-state index < -0.39 is 0 Å². The summed E-state index contributed by atoms with van der Waals surface area (Å²) >= 11 is 0. The molecule has 11 rings (SSSR count). The lowest BCUT2D eigenvalue weighted by Gasteiger charge is -2.40. The predicted octanol–water partition coefficient (Wildman–Crippen LogP) is 16.3. The molecule has 0 aliphatic heterocycles. The molecule has 0 spiro atoms. The van der Waals surface area contributed by atoms with Gasteiger partial charge in [0.15, 0.2) is 0 Å². The lowest BCUT2D eigenvalue weighted by Crippen LogP contribution is -2.44. The molecule has 5 aliphatic rings. The van der Waals surface area contributed by atoms with Crippen LogP contribution in [0.5, 0.6) is 0 Å². The summed E-state index contributed by atoms with van der Waals surface area (Å²) in [7, 11) is 0. The average Bonchev–Trinajstić information content (AvgIpc) is 3.73. The Hall–Kier alpha value is -6.90. The third-order valence-electron chi connectivity index (χ3n) is 15.5. The first kappa shape index (κ1) is 41.8. The largest absolute Gasteiger partial charge is 0.358 e. The van der Waals surface area contributed by atoms with Crippen molar-refractivity contribution in [3.05, 3.63) is 244 Å². The second kappa shape index (κ2) is 16.5. The summed E-state index contributed by atoms with van der Waals surface area (Å²) in [5.41, 5.74) is 21.3. The van der Waals surface area contributed by atoms with Crippen LogP contribution in [0.1, 0.15) is 115 Å². The van der Waals surface area contributed by atoms with Gasteiger partial charge in [0.1, 0.15) is 0 Å². The van der Waals surface area contributed by atoms with E-state index in [2.05, 4.69) is 245 Å². The van der Waals surface area contributed by atoms with Gasteiger partial charge in [-0.1, -0.05) is 199 Å². The number of fused-ring (bicyclic) bond motifs is 10. The number of hydrogen-bond acceptors (Lipinski definition) is 2. The number of nitrogens with zero attached hydrogens (tertiary/aromatic N) is 2. The van der Waals surface area contributed by atoms with Gasteiger partial charge in [0.25, 0.3) is 0 Å². The Morgan fingerprint density at radius 3 is 2.11 bits per heavy atom. The minimum Gasteiger partial charge on any atom is -0.358 e. The normalized spacial score (nSPS) is 21.1. The van der Waals surface area contributed by atoms with Crippen molar-refractivity contribution in [2.24, 2.45) is 0 Å². The van der Waals surface area contributed by atoms with E-state index in [1.165, 1.54) is 83.8 Å². The van der Waals surface area contributed by atoms with Crippen LogP contribution in [0.15, 0.2) is 188 Å². The summed E-state index contributed by atoms with van der Waals surface area (Å²) in [4.78, 5) is 5.00. The van der Waals surface area contributed by atoms with Gasteiger partial charge >= 0.3 is 0 Å². The SMILES string of the molecule is C=C/C=C(\CC)N(c1ccccc1)c1ccc2c(c1)C=CC1c3ccc(/C=C/c4ccc5c(c4)C(C)(C)c4c-5ccc5c4C=CC(N(c4ccccc4)C4C=CC=CC4)C5)cc3C(C)(C)C21. The van der Waals surface area contributed by atoms with Crippen molar-refractivity contribution in [1.29, 1.82) is 0 Å². The predicted molar refractivity (Wildman–Crippen MR) is 283 cm³/mol. The van der Waals surface area contributed by atoms with E-state index in [0.717, 1.165) is 24.9 Å². The third-order valence-corrected chi connectivity index (χ3v) is 15.5. The van der Waals surface area contributed by atoms with Crippen molar-refractivity contribution in [1.82, 2.24) is 0 Å². The minimum atomic E-state index is -0.119. The molecule has 326 valence electrons. The van der Waals surface area contributed by atoms with Crippen LogP contribution in [-0.2, 0) is 17.3 Å². The second-order valence-electron chi connectivity index (χ2n) is 20.0. The van der Waals surface area contributed by atoms with Gasteiger partial charge in [0.05, 0.1) is 12.1 Å². The Balaban J connectivity index is 0.851. The van der Waals surface area contributed by atoms with Gasteiger partial charge < -0.3 is 9.80 Å². The molecule has 0 saturated heterocycles. The molecular weight excluding hydrogens is 797 g/mol. The summed E-state index contributed by atoms with van der Waals surface area (Å²) in [5.74, 6) is 0.714. The standard InChI is InChI=1S/C64H60N2/c1-7-18-47(8-2)65(48-19-12-9-13-20-48)51-31-37-53-45(41-51)29-35-57-55-33-27-43(39-59(55)63(3,4)61(53)57)25-26-44-28-34-56-58-36-30-46-42-52(32-38-54(46)62(58)64(5,6)60(56)40-44)66(49-21-14-10-15-22-49)50-23-16-11-17-24-50/h7,9-23,25-41,50,52,57,61H,1,8,24,42H2,2-6H3/b26-25+,47-18+.